The number of hydrogen-bond acceptors (Lipinski definition) is 3. The van der Waals surface area contributed by atoms with E-state index in [0.29, 0.717) is 12.1 Å². The number of nitrogens with two attached hydrogens (primary N) is 1. The van der Waals surface area contributed by atoms with Gasteiger partial charge in [0.1, 0.15) is 12.1 Å². The molecule has 1 rings (SSSR count). The third kappa shape index (κ3) is 2.00. The largest absolute Gasteiger partial charge is 0.416 e. The molecule has 0 saturated heterocycles. The summed E-state index contributed by atoms with van der Waals surface area (Å²) in [7, 11) is 0. The van der Waals surface area contributed by atoms with Crippen molar-refractivity contribution in [1.29, 1.82) is 10.5 Å². The van der Waals surface area contributed by atoms with Gasteiger partial charge < -0.3 is 5.73 Å². The lowest BCUT2D eigenvalue weighted by Crippen LogP contribution is -2.07. The molecule has 0 aromatic heterocycles. The Bertz CT molecular complexity index is 442. The Balaban J connectivity index is 3.51. The normalized spacial score (nSPS) is 10.5. The summed E-state index contributed by atoms with van der Waals surface area (Å²) in [4.78, 5) is 0. The van der Waals surface area contributed by atoms with Crippen LogP contribution in [0, 0.1) is 22.7 Å². The van der Waals surface area contributed by atoms with Crippen LogP contribution in [0.2, 0.25) is 0 Å². The summed E-state index contributed by atoms with van der Waals surface area (Å²) < 4.78 is 36.9. The fourth-order valence-electron chi connectivity index (χ4n) is 1.00. The molecule has 0 fully saturated rings. The molecule has 0 bridgehead atoms. The maximum absolute atomic E-state index is 12.3. The zero-order valence-electron chi connectivity index (χ0n) is 7.26. The van der Waals surface area contributed by atoms with E-state index in [-0.39, 0.29) is 16.8 Å². The SMILES string of the molecule is N#Cc1cc(C(F)(F)F)cc(C#N)c1N. The molecule has 1 aromatic rings. The number of rotatable bonds is 0. The van der Waals surface area contributed by atoms with E-state index in [4.69, 9.17) is 16.3 Å². The van der Waals surface area contributed by atoms with Crippen molar-refractivity contribution < 1.29 is 13.2 Å². The highest BCUT2D eigenvalue weighted by atomic mass is 19.4. The molecule has 1 aromatic carbocycles. The van der Waals surface area contributed by atoms with Gasteiger partial charge in [-0.1, -0.05) is 0 Å². The van der Waals surface area contributed by atoms with Crippen LogP contribution in [-0.2, 0) is 6.18 Å². The molecule has 6 heteroatoms. The molecule has 0 spiro atoms. The molecular weight excluding hydrogens is 207 g/mol. The van der Waals surface area contributed by atoms with Crippen LogP contribution >= 0.6 is 0 Å². The Hall–Kier alpha value is -2.21. The van der Waals surface area contributed by atoms with Crippen molar-refractivity contribution in [1.82, 2.24) is 0 Å². The Kier molecular flexibility index (Phi) is 2.54. The number of anilines is 1. The molecule has 15 heavy (non-hydrogen) atoms. The predicted octanol–water partition coefficient (Wildman–Crippen LogP) is 2.03. The lowest BCUT2D eigenvalue weighted by molar-refractivity contribution is -0.137. The van der Waals surface area contributed by atoms with E-state index in [1.54, 1.807) is 0 Å². The zero-order chi connectivity index (χ0) is 11.6. The fraction of sp³-hybridized carbons (Fsp3) is 0.111. The van der Waals surface area contributed by atoms with Crippen molar-refractivity contribution in [3.8, 4) is 12.1 Å². The average Bonchev–Trinajstić information content (AvgIpc) is 2.16. The number of nitrogen functional groups attached to an aromatic ring is 1. The smallest absolute Gasteiger partial charge is 0.397 e. The highest BCUT2D eigenvalue weighted by molar-refractivity contribution is 5.65. The van der Waals surface area contributed by atoms with Gasteiger partial charge in [-0.05, 0) is 12.1 Å². The van der Waals surface area contributed by atoms with E-state index in [1.165, 1.54) is 12.1 Å². The van der Waals surface area contributed by atoms with Crippen LogP contribution in [0.1, 0.15) is 16.7 Å². The van der Waals surface area contributed by atoms with Crippen LogP contribution in [0.5, 0.6) is 0 Å². The molecule has 0 amide bonds. The van der Waals surface area contributed by atoms with Gasteiger partial charge >= 0.3 is 6.18 Å². The maximum Gasteiger partial charge on any atom is 0.416 e. The second kappa shape index (κ2) is 3.50. The fourth-order valence-corrected chi connectivity index (χ4v) is 1.00. The van der Waals surface area contributed by atoms with Gasteiger partial charge in [0.15, 0.2) is 0 Å². The Morgan fingerprint density at radius 2 is 1.47 bits per heavy atom. The van der Waals surface area contributed by atoms with E-state index < -0.39 is 11.7 Å². The Morgan fingerprint density at radius 3 is 1.73 bits per heavy atom. The number of halogens is 3. The van der Waals surface area contributed by atoms with Crippen molar-refractivity contribution in [3.05, 3.63) is 28.8 Å². The molecule has 0 heterocycles. The lowest BCUT2D eigenvalue weighted by Gasteiger charge is -2.08. The van der Waals surface area contributed by atoms with E-state index in [9.17, 15) is 13.2 Å². The van der Waals surface area contributed by atoms with Gasteiger partial charge in [-0.3, -0.25) is 0 Å². The lowest BCUT2D eigenvalue weighted by atomic mass is 10.0. The first-order valence-electron chi connectivity index (χ1n) is 3.71. The second-order valence-electron chi connectivity index (χ2n) is 2.71. The molecule has 0 aliphatic rings. The molecule has 0 radical (unpaired) electrons. The first-order chi connectivity index (χ1) is 6.90. The van der Waals surface area contributed by atoms with E-state index in [1.807, 2.05) is 0 Å². The van der Waals surface area contributed by atoms with Crippen LogP contribution in [0.25, 0.3) is 0 Å². The van der Waals surface area contributed by atoms with E-state index in [0.717, 1.165) is 0 Å². The van der Waals surface area contributed by atoms with Crippen molar-refractivity contribution in [2.24, 2.45) is 0 Å². The quantitative estimate of drug-likeness (QED) is 0.667. The van der Waals surface area contributed by atoms with Crippen LogP contribution in [-0.4, -0.2) is 0 Å². The van der Waals surface area contributed by atoms with E-state index in [2.05, 4.69) is 0 Å². The molecule has 2 N–H and O–H groups in total. The van der Waals surface area contributed by atoms with Crippen LogP contribution < -0.4 is 5.73 Å². The Labute approximate surface area is 83.1 Å². The van der Waals surface area contributed by atoms with Gasteiger partial charge in [0.2, 0.25) is 0 Å². The van der Waals surface area contributed by atoms with Gasteiger partial charge in [-0.25, -0.2) is 0 Å². The van der Waals surface area contributed by atoms with Crippen LogP contribution in [0.4, 0.5) is 18.9 Å². The first kappa shape index (κ1) is 10.9. The molecule has 0 aliphatic heterocycles. The molecule has 0 atom stereocenters. The van der Waals surface area contributed by atoms with Gasteiger partial charge in [-0.15, -0.1) is 0 Å². The monoisotopic (exact) mass is 211 g/mol. The van der Waals surface area contributed by atoms with Gasteiger partial charge in [0, 0.05) is 0 Å². The summed E-state index contributed by atoms with van der Waals surface area (Å²) >= 11 is 0. The number of benzene rings is 1. The van der Waals surface area contributed by atoms with Gasteiger partial charge in [0.05, 0.1) is 22.4 Å². The summed E-state index contributed by atoms with van der Waals surface area (Å²) in [6.07, 6.45) is -4.59. The number of nitrogens with zero attached hydrogens (tertiary/aromatic N) is 2. The minimum absolute atomic E-state index is 0.229. The first-order valence-corrected chi connectivity index (χ1v) is 3.71. The van der Waals surface area contributed by atoms with E-state index >= 15 is 0 Å². The third-order valence-electron chi connectivity index (χ3n) is 1.75. The minimum atomic E-state index is -4.59. The molecule has 0 unspecified atom stereocenters. The molecule has 76 valence electrons. The highest BCUT2D eigenvalue weighted by Gasteiger charge is 2.32. The van der Waals surface area contributed by atoms with Gasteiger partial charge in [-0.2, -0.15) is 23.7 Å². The average molecular weight is 211 g/mol. The molecule has 0 aliphatic carbocycles. The summed E-state index contributed by atoms with van der Waals surface area (Å²) in [5, 5.41) is 17.0. The van der Waals surface area contributed by atoms with Gasteiger partial charge in [0.25, 0.3) is 0 Å². The molecule has 0 saturated carbocycles. The number of hydrogen-bond donors (Lipinski definition) is 1. The third-order valence-corrected chi connectivity index (χ3v) is 1.75. The highest BCUT2D eigenvalue weighted by Crippen LogP contribution is 2.32. The second-order valence-corrected chi connectivity index (χ2v) is 2.71. The summed E-state index contributed by atoms with van der Waals surface area (Å²) in [5.41, 5.74) is 3.33. The topological polar surface area (TPSA) is 73.6 Å². The Morgan fingerprint density at radius 1 is 1.07 bits per heavy atom. The zero-order valence-corrected chi connectivity index (χ0v) is 7.26. The summed E-state index contributed by atoms with van der Waals surface area (Å²) in [6.45, 7) is 0. The van der Waals surface area contributed by atoms with Crippen molar-refractivity contribution in [2.45, 2.75) is 6.18 Å². The van der Waals surface area contributed by atoms with Crippen LogP contribution in [0.15, 0.2) is 12.1 Å². The van der Waals surface area contributed by atoms with Crippen molar-refractivity contribution in [3.63, 3.8) is 0 Å². The minimum Gasteiger partial charge on any atom is -0.397 e. The number of alkyl halides is 3. The van der Waals surface area contributed by atoms with Crippen LogP contribution in [0.3, 0.4) is 0 Å². The molecular formula is C9H4F3N3. The molecule has 3 nitrogen and oxygen atoms in total. The summed E-state index contributed by atoms with van der Waals surface area (Å²) in [6, 6.07) is 4.26. The maximum atomic E-state index is 12.3. The number of nitriles is 2. The van der Waals surface area contributed by atoms with Crippen molar-refractivity contribution in [2.75, 3.05) is 5.73 Å². The predicted molar refractivity (Wildman–Crippen MR) is 45.3 cm³/mol. The van der Waals surface area contributed by atoms with Crippen molar-refractivity contribution >= 4 is 5.69 Å². The summed E-state index contributed by atoms with van der Waals surface area (Å²) in [5.74, 6) is 0. The standard InChI is InChI=1S/C9H4F3N3/c10-9(11,12)7-1-5(3-13)8(15)6(2-7)4-14/h1-2H,15H2.